The largest absolute Gasteiger partial charge is 0.399 e. The summed E-state index contributed by atoms with van der Waals surface area (Å²) in [5.74, 6) is 0. The van der Waals surface area contributed by atoms with Crippen LogP contribution in [0.1, 0.15) is 13.3 Å². The van der Waals surface area contributed by atoms with Crippen LogP contribution in [0.4, 0.5) is 11.4 Å². The molecule has 0 saturated carbocycles. The van der Waals surface area contributed by atoms with Crippen molar-refractivity contribution in [1.29, 1.82) is 0 Å². The van der Waals surface area contributed by atoms with Crippen molar-refractivity contribution in [3.05, 3.63) is 18.2 Å². The van der Waals surface area contributed by atoms with Crippen LogP contribution >= 0.6 is 0 Å². The molecule has 1 aromatic rings. The third-order valence-corrected chi connectivity index (χ3v) is 4.89. The molecular weight excluding hydrogens is 346 g/mol. The molecule has 0 aliphatic rings. The lowest BCUT2D eigenvalue weighted by Crippen LogP contribution is -2.46. The molecule has 144 valence electrons. The highest BCUT2D eigenvalue weighted by atomic mass is 32.2. The van der Waals surface area contributed by atoms with E-state index in [0.717, 1.165) is 0 Å². The Hall–Kier alpha value is -1.43. The van der Waals surface area contributed by atoms with Gasteiger partial charge in [0.2, 0.25) is 10.0 Å². The molecule has 0 fully saturated rings. The Morgan fingerprint density at radius 3 is 2.32 bits per heavy atom. The summed E-state index contributed by atoms with van der Waals surface area (Å²) in [6.07, 6.45) is 0.217. The molecule has 0 radical (unpaired) electrons. The van der Waals surface area contributed by atoms with Gasteiger partial charge in [-0.1, -0.05) is 0 Å². The fourth-order valence-electron chi connectivity index (χ4n) is 2.27. The van der Waals surface area contributed by atoms with Gasteiger partial charge in [0.1, 0.15) is 4.90 Å². The molecule has 25 heavy (non-hydrogen) atoms. The Bertz CT molecular complexity index is 604. The molecule has 0 aromatic heterocycles. The minimum Gasteiger partial charge on any atom is -0.399 e. The van der Waals surface area contributed by atoms with Crippen LogP contribution in [0.15, 0.2) is 23.1 Å². The van der Waals surface area contributed by atoms with Gasteiger partial charge in [0, 0.05) is 31.9 Å². The summed E-state index contributed by atoms with van der Waals surface area (Å²) in [5.41, 5.74) is 6.59. The fourth-order valence-corrected chi connectivity index (χ4v) is 3.53. The molecule has 0 unspecified atom stereocenters. The van der Waals surface area contributed by atoms with Gasteiger partial charge in [-0.05, 0) is 31.5 Å². The molecule has 1 aromatic carbocycles. The van der Waals surface area contributed by atoms with Gasteiger partial charge in [0.15, 0.2) is 0 Å². The quantitative estimate of drug-likeness (QED) is 0.169. The maximum Gasteiger partial charge on any atom is 0.242 e. The second kappa shape index (κ2) is 11.2. The Balaban J connectivity index is 2.72. The van der Waals surface area contributed by atoms with E-state index in [1.807, 2.05) is 6.92 Å². The first kappa shape index (κ1) is 21.6. The van der Waals surface area contributed by atoms with E-state index in [0.29, 0.717) is 37.4 Å². The molecule has 0 aliphatic heterocycles. The van der Waals surface area contributed by atoms with Gasteiger partial charge >= 0.3 is 0 Å². The number of aliphatic hydroxyl groups excluding tert-OH is 2. The van der Waals surface area contributed by atoms with Gasteiger partial charge in [-0.15, -0.1) is 0 Å². The second-order valence-corrected chi connectivity index (χ2v) is 7.12. The monoisotopic (exact) mass is 375 g/mol. The molecule has 0 aliphatic carbocycles. The zero-order valence-electron chi connectivity index (χ0n) is 14.5. The van der Waals surface area contributed by atoms with E-state index in [9.17, 15) is 8.42 Å². The van der Waals surface area contributed by atoms with Crippen LogP contribution in [0, 0.1) is 0 Å². The van der Waals surface area contributed by atoms with E-state index in [1.54, 1.807) is 12.1 Å². The molecule has 0 heterocycles. The molecular formula is C15H29N5O4S. The number of hydrogen-bond donors (Lipinski definition) is 7. The van der Waals surface area contributed by atoms with Crippen LogP contribution < -0.4 is 26.4 Å². The SMILES string of the molecule is CCNc1ccc(N)cc1S(=O)(=O)NCCC(NCCO)NCCO. The topological polar surface area (TPSA) is 149 Å². The normalized spacial score (nSPS) is 11.8. The maximum absolute atomic E-state index is 12.6. The number of aliphatic hydroxyl groups is 2. The minimum atomic E-state index is -3.72. The lowest BCUT2D eigenvalue weighted by molar-refractivity contribution is 0.255. The van der Waals surface area contributed by atoms with Crippen LogP contribution in [-0.2, 0) is 10.0 Å². The van der Waals surface area contributed by atoms with Gasteiger partial charge in [0.25, 0.3) is 0 Å². The third kappa shape index (κ3) is 7.55. The van der Waals surface area contributed by atoms with Crippen molar-refractivity contribution in [3.63, 3.8) is 0 Å². The zero-order chi connectivity index (χ0) is 18.7. The summed E-state index contributed by atoms with van der Waals surface area (Å²) in [6.45, 7) is 3.33. The molecule has 0 saturated heterocycles. The highest BCUT2D eigenvalue weighted by Gasteiger charge is 2.19. The number of nitrogens with one attached hydrogen (secondary N) is 4. The first-order valence-corrected chi connectivity index (χ1v) is 9.74. The first-order valence-electron chi connectivity index (χ1n) is 8.26. The van der Waals surface area contributed by atoms with Crippen LogP contribution in [-0.4, -0.2) is 64.2 Å². The van der Waals surface area contributed by atoms with Gasteiger partial charge in [0.05, 0.1) is 25.1 Å². The van der Waals surface area contributed by atoms with Gasteiger partial charge in [-0.2, -0.15) is 0 Å². The van der Waals surface area contributed by atoms with E-state index in [4.69, 9.17) is 15.9 Å². The molecule has 9 nitrogen and oxygen atoms in total. The summed E-state index contributed by atoms with van der Waals surface area (Å²) in [7, 11) is -3.72. The number of nitrogens with two attached hydrogens (primary N) is 1. The highest BCUT2D eigenvalue weighted by Crippen LogP contribution is 2.23. The van der Waals surface area contributed by atoms with Crippen molar-refractivity contribution < 1.29 is 18.6 Å². The van der Waals surface area contributed by atoms with E-state index in [1.165, 1.54) is 6.07 Å². The minimum absolute atomic E-state index is 0.0294. The van der Waals surface area contributed by atoms with Crippen LogP contribution in [0.25, 0.3) is 0 Å². The fraction of sp³-hybridized carbons (Fsp3) is 0.600. The van der Waals surface area contributed by atoms with Crippen molar-refractivity contribution >= 4 is 21.4 Å². The number of rotatable bonds is 13. The van der Waals surface area contributed by atoms with Crippen molar-refractivity contribution in [3.8, 4) is 0 Å². The molecule has 0 spiro atoms. The molecule has 0 bridgehead atoms. The van der Waals surface area contributed by atoms with Crippen molar-refractivity contribution in [2.24, 2.45) is 0 Å². The van der Waals surface area contributed by atoms with Gasteiger partial charge < -0.3 is 21.3 Å². The van der Waals surface area contributed by atoms with Crippen molar-refractivity contribution in [2.75, 3.05) is 50.4 Å². The summed E-state index contributed by atoms with van der Waals surface area (Å²) in [6, 6.07) is 4.71. The van der Waals surface area contributed by atoms with Crippen molar-refractivity contribution in [1.82, 2.24) is 15.4 Å². The number of sulfonamides is 1. The molecule has 0 amide bonds. The van der Waals surface area contributed by atoms with Crippen LogP contribution in [0.5, 0.6) is 0 Å². The number of benzene rings is 1. The Labute approximate surface area is 149 Å². The Morgan fingerprint density at radius 2 is 1.76 bits per heavy atom. The standard InChI is InChI=1S/C15H29N5O4S/c1-2-17-13-4-3-12(16)11-14(13)25(23,24)20-6-5-15(18-7-9-21)19-8-10-22/h3-4,11,15,17-22H,2,5-10,16H2,1H3. The number of hydrogen-bond acceptors (Lipinski definition) is 8. The predicted octanol–water partition coefficient (Wildman–Crippen LogP) is -1.14. The first-order chi connectivity index (χ1) is 11.9. The van der Waals surface area contributed by atoms with Crippen LogP contribution in [0.2, 0.25) is 0 Å². The molecule has 1 rings (SSSR count). The summed E-state index contributed by atoms with van der Waals surface area (Å²) in [4.78, 5) is 0.109. The van der Waals surface area contributed by atoms with Gasteiger partial charge in [-0.3, -0.25) is 10.6 Å². The molecule has 10 heteroatoms. The zero-order valence-corrected chi connectivity index (χ0v) is 15.3. The maximum atomic E-state index is 12.6. The highest BCUT2D eigenvalue weighted by molar-refractivity contribution is 7.89. The van der Waals surface area contributed by atoms with E-state index in [2.05, 4.69) is 20.7 Å². The molecule has 8 N–H and O–H groups in total. The number of nitrogen functional groups attached to an aromatic ring is 1. The Kier molecular flexibility index (Phi) is 9.71. The average molecular weight is 375 g/mol. The van der Waals surface area contributed by atoms with Crippen molar-refractivity contribution in [2.45, 2.75) is 24.4 Å². The second-order valence-electron chi connectivity index (χ2n) is 5.38. The smallest absolute Gasteiger partial charge is 0.242 e. The Morgan fingerprint density at radius 1 is 1.12 bits per heavy atom. The lowest BCUT2D eigenvalue weighted by atomic mass is 10.3. The predicted molar refractivity (Wildman–Crippen MR) is 98.8 cm³/mol. The lowest BCUT2D eigenvalue weighted by Gasteiger charge is -2.20. The average Bonchev–Trinajstić information content (AvgIpc) is 2.58. The van der Waals surface area contributed by atoms with E-state index < -0.39 is 10.0 Å². The van der Waals surface area contributed by atoms with E-state index >= 15 is 0 Å². The third-order valence-electron chi connectivity index (χ3n) is 3.39. The summed E-state index contributed by atoms with van der Waals surface area (Å²) >= 11 is 0. The van der Waals surface area contributed by atoms with E-state index in [-0.39, 0.29) is 30.8 Å². The number of anilines is 2. The summed E-state index contributed by atoms with van der Waals surface area (Å²) in [5, 5.41) is 26.8. The summed E-state index contributed by atoms with van der Waals surface area (Å²) < 4.78 is 27.7. The molecule has 0 atom stereocenters. The van der Waals surface area contributed by atoms with Gasteiger partial charge in [-0.25, -0.2) is 13.1 Å². The van der Waals surface area contributed by atoms with Crippen LogP contribution in [0.3, 0.4) is 0 Å².